The Hall–Kier alpha value is -0.120. The fourth-order valence-electron chi connectivity index (χ4n) is 3.53. The third-order valence-corrected chi connectivity index (χ3v) is 4.51. The summed E-state index contributed by atoms with van der Waals surface area (Å²) >= 11 is 0. The van der Waals surface area contributed by atoms with Crippen LogP contribution < -0.4 is 5.32 Å². The standard InChI is InChI=1S/C14H28N2O/c1-4-6-11(2)14(15-3)13-9-16-8-5-7-12(16)10-17-13/h11-15H,4-10H2,1-3H3. The zero-order chi connectivity index (χ0) is 12.3. The van der Waals surface area contributed by atoms with Gasteiger partial charge in [0.15, 0.2) is 0 Å². The maximum absolute atomic E-state index is 6.11. The van der Waals surface area contributed by atoms with Crippen LogP contribution in [0.3, 0.4) is 0 Å². The predicted octanol–water partition coefficient (Wildman–Crippen LogP) is 1.87. The van der Waals surface area contributed by atoms with Gasteiger partial charge in [-0.3, -0.25) is 4.90 Å². The summed E-state index contributed by atoms with van der Waals surface area (Å²) in [5.74, 6) is 0.703. The molecule has 0 aromatic carbocycles. The Balaban J connectivity index is 1.91. The topological polar surface area (TPSA) is 24.5 Å². The van der Waals surface area contributed by atoms with Crippen molar-refractivity contribution in [3.8, 4) is 0 Å². The van der Waals surface area contributed by atoms with E-state index in [-0.39, 0.29) is 0 Å². The van der Waals surface area contributed by atoms with Crippen molar-refractivity contribution in [3.63, 3.8) is 0 Å². The monoisotopic (exact) mass is 240 g/mol. The molecule has 0 radical (unpaired) electrons. The van der Waals surface area contributed by atoms with Crippen LogP contribution in [0.5, 0.6) is 0 Å². The minimum atomic E-state index is 0.385. The van der Waals surface area contributed by atoms with E-state index in [0.717, 1.165) is 13.2 Å². The zero-order valence-electron chi connectivity index (χ0n) is 11.6. The average Bonchev–Trinajstić information content (AvgIpc) is 2.77. The Morgan fingerprint density at radius 1 is 1.47 bits per heavy atom. The molecule has 0 saturated carbocycles. The smallest absolute Gasteiger partial charge is 0.0858 e. The van der Waals surface area contributed by atoms with Gasteiger partial charge in [0.05, 0.1) is 12.7 Å². The maximum atomic E-state index is 6.11. The van der Waals surface area contributed by atoms with Crippen LogP contribution in [0, 0.1) is 5.92 Å². The summed E-state index contributed by atoms with van der Waals surface area (Å²) in [5.41, 5.74) is 0. The average molecular weight is 240 g/mol. The van der Waals surface area contributed by atoms with Crippen molar-refractivity contribution in [1.82, 2.24) is 10.2 Å². The number of ether oxygens (including phenoxy) is 1. The first-order valence-electron chi connectivity index (χ1n) is 7.29. The van der Waals surface area contributed by atoms with Gasteiger partial charge in [0.2, 0.25) is 0 Å². The highest BCUT2D eigenvalue weighted by Gasteiger charge is 2.36. The number of likely N-dealkylation sites (N-methyl/N-ethyl adjacent to an activating group) is 1. The fraction of sp³-hybridized carbons (Fsp3) is 1.00. The summed E-state index contributed by atoms with van der Waals surface area (Å²) in [5, 5.41) is 3.48. The third kappa shape index (κ3) is 3.01. The van der Waals surface area contributed by atoms with E-state index in [2.05, 4.69) is 31.1 Å². The normalized spacial score (nSPS) is 33.4. The molecule has 0 aliphatic carbocycles. The van der Waals surface area contributed by atoms with Crippen LogP contribution in [0.25, 0.3) is 0 Å². The van der Waals surface area contributed by atoms with Crippen LogP contribution in [0.15, 0.2) is 0 Å². The molecule has 0 aromatic rings. The van der Waals surface area contributed by atoms with Crippen molar-refractivity contribution in [2.24, 2.45) is 5.92 Å². The lowest BCUT2D eigenvalue weighted by Gasteiger charge is -2.40. The van der Waals surface area contributed by atoms with Crippen LogP contribution >= 0.6 is 0 Å². The van der Waals surface area contributed by atoms with Crippen LogP contribution in [0.4, 0.5) is 0 Å². The summed E-state index contributed by atoms with van der Waals surface area (Å²) in [6, 6.07) is 1.22. The molecule has 2 fully saturated rings. The summed E-state index contributed by atoms with van der Waals surface area (Å²) in [7, 11) is 2.08. The molecule has 4 unspecified atom stereocenters. The Labute approximate surface area is 106 Å². The molecule has 2 saturated heterocycles. The molecule has 4 atom stereocenters. The number of hydrogen-bond donors (Lipinski definition) is 1. The molecule has 2 heterocycles. The fourth-order valence-corrected chi connectivity index (χ4v) is 3.53. The van der Waals surface area contributed by atoms with Gasteiger partial charge in [-0.15, -0.1) is 0 Å². The first kappa shape index (κ1) is 13.3. The van der Waals surface area contributed by atoms with Gasteiger partial charge in [-0.2, -0.15) is 0 Å². The van der Waals surface area contributed by atoms with Crippen molar-refractivity contribution in [2.75, 3.05) is 26.7 Å². The SMILES string of the molecule is CCCC(C)C(NC)C1CN2CCCC2CO1. The van der Waals surface area contributed by atoms with E-state index in [1.807, 2.05) is 0 Å². The molecule has 2 aliphatic rings. The minimum Gasteiger partial charge on any atom is -0.374 e. The molecular formula is C14H28N2O. The number of fused-ring (bicyclic) bond motifs is 1. The van der Waals surface area contributed by atoms with E-state index >= 15 is 0 Å². The second-order valence-electron chi connectivity index (χ2n) is 5.74. The van der Waals surface area contributed by atoms with Gasteiger partial charge >= 0.3 is 0 Å². The van der Waals surface area contributed by atoms with E-state index in [4.69, 9.17) is 4.74 Å². The first-order chi connectivity index (χ1) is 8.26. The number of morpholine rings is 1. The molecule has 2 aliphatic heterocycles. The minimum absolute atomic E-state index is 0.385. The lowest BCUT2D eigenvalue weighted by atomic mass is 9.91. The quantitative estimate of drug-likeness (QED) is 0.794. The lowest BCUT2D eigenvalue weighted by Crippen LogP contribution is -2.55. The molecule has 0 bridgehead atoms. The van der Waals surface area contributed by atoms with Crippen LogP contribution in [0.1, 0.15) is 39.5 Å². The van der Waals surface area contributed by atoms with Gasteiger partial charge in [-0.1, -0.05) is 20.3 Å². The van der Waals surface area contributed by atoms with Gasteiger partial charge in [-0.05, 0) is 38.8 Å². The molecule has 0 amide bonds. The Kier molecular flexibility index (Phi) is 4.83. The molecule has 3 heteroatoms. The van der Waals surface area contributed by atoms with Gasteiger partial charge in [0.25, 0.3) is 0 Å². The molecular weight excluding hydrogens is 212 g/mol. The van der Waals surface area contributed by atoms with Gasteiger partial charge < -0.3 is 10.1 Å². The Bertz CT molecular complexity index is 234. The lowest BCUT2D eigenvalue weighted by molar-refractivity contribution is -0.0716. The molecule has 17 heavy (non-hydrogen) atoms. The van der Waals surface area contributed by atoms with E-state index in [1.54, 1.807) is 0 Å². The molecule has 1 N–H and O–H groups in total. The third-order valence-electron chi connectivity index (χ3n) is 4.51. The van der Waals surface area contributed by atoms with Crippen molar-refractivity contribution >= 4 is 0 Å². The van der Waals surface area contributed by atoms with Crippen LogP contribution in [0.2, 0.25) is 0 Å². The highest BCUT2D eigenvalue weighted by Crippen LogP contribution is 2.26. The van der Waals surface area contributed by atoms with E-state index in [9.17, 15) is 0 Å². The highest BCUT2D eigenvalue weighted by atomic mass is 16.5. The first-order valence-corrected chi connectivity index (χ1v) is 7.29. The van der Waals surface area contributed by atoms with Crippen molar-refractivity contribution < 1.29 is 4.74 Å². The summed E-state index contributed by atoms with van der Waals surface area (Å²) in [6.45, 7) is 7.97. The van der Waals surface area contributed by atoms with E-state index < -0.39 is 0 Å². The zero-order valence-corrected chi connectivity index (χ0v) is 11.6. The van der Waals surface area contributed by atoms with Crippen molar-refractivity contribution in [1.29, 1.82) is 0 Å². The molecule has 0 spiro atoms. The summed E-state index contributed by atoms with van der Waals surface area (Å²) in [6.07, 6.45) is 5.63. The van der Waals surface area contributed by atoms with E-state index in [1.165, 1.54) is 32.2 Å². The van der Waals surface area contributed by atoms with Gasteiger partial charge in [-0.25, -0.2) is 0 Å². The molecule has 0 aromatic heterocycles. The van der Waals surface area contributed by atoms with Gasteiger partial charge in [0, 0.05) is 18.6 Å². The number of nitrogens with one attached hydrogen (secondary N) is 1. The molecule has 100 valence electrons. The maximum Gasteiger partial charge on any atom is 0.0858 e. The number of nitrogens with zero attached hydrogens (tertiary/aromatic N) is 1. The predicted molar refractivity (Wildman–Crippen MR) is 71.3 cm³/mol. The largest absolute Gasteiger partial charge is 0.374 e. The highest BCUT2D eigenvalue weighted by molar-refractivity contribution is 4.91. The molecule has 2 rings (SSSR count). The van der Waals surface area contributed by atoms with Crippen molar-refractivity contribution in [3.05, 3.63) is 0 Å². The Morgan fingerprint density at radius 3 is 3.00 bits per heavy atom. The summed E-state index contributed by atoms with van der Waals surface area (Å²) in [4.78, 5) is 2.64. The second kappa shape index (κ2) is 6.17. The molecule has 3 nitrogen and oxygen atoms in total. The Morgan fingerprint density at radius 2 is 2.29 bits per heavy atom. The summed E-state index contributed by atoms with van der Waals surface area (Å²) < 4.78 is 6.11. The number of hydrogen-bond acceptors (Lipinski definition) is 3. The number of rotatable bonds is 5. The van der Waals surface area contributed by atoms with Gasteiger partial charge in [0.1, 0.15) is 0 Å². The second-order valence-corrected chi connectivity index (χ2v) is 5.74. The van der Waals surface area contributed by atoms with Crippen molar-refractivity contribution in [2.45, 2.75) is 57.7 Å². The van der Waals surface area contributed by atoms with Crippen LogP contribution in [-0.2, 0) is 4.74 Å². The van der Waals surface area contributed by atoms with Crippen LogP contribution in [-0.4, -0.2) is 49.8 Å². The van der Waals surface area contributed by atoms with E-state index in [0.29, 0.717) is 24.1 Å².